The lowest BCUT2D eigenvalue weighted by Crippen LogP contribution is -2.32. The van der Waals surface area contributed by atoms with E-state index < -0.39 is 15.4 Å². The van der Waals surface area contributed by atoms with Crippen LogP contribution >= 0.6 is 0 Å². The van der Waals surface area contributed by atoms with Gasteiger partial charge in [0.25, 0.3) is 10.0 Å². The van der Waals surface area contributed by atoms with Gasteiger partial charge < -0.3 is 5.73 Å². The zero-order valence-corrected chi connectivity index (χ0v) is 18.3. The van der Waals surface area contributed by atoms with Crippen LogP contribution in [0.4, 0.5) is 5.82 Å². The number of allylic oxidation sites excluding steroid dienone is 1. The SMILES string of the molecule is Cc1ccc(S(=O)(=O)n2nc(N)c3c2CC(c2ccccc2)(c2ccncc2)C=C3)cc1. The molecule has 2 aromatic carbocycles. The highest BCUT2D eigenvalue weighted by Gasteiger charge is 2.39. The zero-order valence-electron chi connectivity index (χ0n) is 17.5. The van der Waals surface area contributed by atoms with Crippen molar-refractivity contribution in [3.8, 4) is 0 Å². The lowest BCUT2D eigenvalue weighted by molar-refractivity contribution is 0.565. The molecule has 4 aromatic rings. The van der Waals surface area contributed by atoms with Gasteiger partial charge in [-0.25, -0.2) is 0 Å². The van der Waals surface area contributed by atoms with Crippen LogP contribution in [-0.2, 0) is 21.9 Å². The molecular formula is C25H22N4O2S. The van der Waals surface area contributed by atoms with E-state index in [1.165, 1.54) is 0 Å². The Morgan fingerprint density at radius 3 is 2.28 bits per heavy atom. The minimum atomic E-state index is -3.91. The summed E-state index contributed by atoms with van der Waals surface area (Å²) in [7, 11) is -3.91. The summed E-state index contributed by atoms with van der Waals surface area (Å²) in [6.45, 7) is 1.91. The van der Waals surface area contributed by atoms with Crippen molar-refractivity contribution in [3.05, 3.63) is 113 Å². The van der Waals surface area contributed by atoms with E-state index in [1.807, 2.05) is 55.5 Å². The highest BCUT2D eigenvalue weighted by molar-refractivity contribution is 7.89. The van der Waals surface area contributed by atoms with Crippen LogP contribution in [0.25, 0.3) is 6.08 Å². The molecule has 0 aliphatic heterocycles. The van der Waals surface area contributed by atoms with E-state index in [2.05, 4.69) is 16.2 Å². The third-order valence-electron chi connectivity index (χ3n) is 6.03. The first-order valence-electron chi connectivity index (χ1n) is 10.3. The van der Waals surface area contributed by atoms with Crippen molar-refractivity contribution in [1.82, 2.24) is 14.2 Å². The number of anilines is 1. The van der Waals surface area contributed by atoms with E-state index in [-0.39, 0.29) is 10.7 Å². The zero-order chi connectivity index (χ0) is 22.3. The highest BCUT2D eigenvalue weighted by Crippen LogP contribution is 2.43. The molecule has 6 nitrogen and oxygen atoms in total. The molecule has 0 spiro atoms. The maximum Gasteiger partial charge on any atom is 0.283 e. The molecule has 1 unspecified atom stereocenters. The molecule has 2 heterocycles. The summed E-state index contributed by atoms with van der Waals surface area (Å²) >= 11 is 0. The molecule has 0 fully saturated rings. The molecule has 0 saturated heterocycles. The number of rotatable bonds is 4. The summed E-state index contributed by atoms with van der Waals surface area (Å²) in [6, 6.07) is 20.7. The molecule has 32 heavy (non-hydrogen) atoms. The van der Waals surface area contributed by atoms with Crippen LogP contribution in [-0.4, -0.2) is 22.6 Å². The minimum absolute atomic E-state index is 0.178. The molecule has 7 heteroatoms. The molecule has 0 bridgehead atoms. The van der Waals surface area contributed by atoms with Crippen molar-refractivity contribution >= 4 is 21.9 Å². The van der Waals surface area contributed by atoms with Gasteiger partial charge >= 0.3 is 0 Å². The van der Waals surface area contributed by atoms with E-state index in [1.54, 1.807) is 36.7 Å². The van der Waals surface area contributed by atoms with Gasteiger partial charge in [0.1, 0.15) is 0 Å². The Hall–Kier alpha value is -3.71. The molecule has 0 amide bonds. The first-order valence-corrected chi connectivity index (χ1v) is 11.7. The van der Waals surface area contributed by atoms with Crippen molar-refractivity contribution in [2.75, 3.05) is 5.73 Å². The molecule has 0 radical (unpaired) electrons. The van der Waals surface area contributed by atoms with Crippen LogP contribution in [0.15, 0.2) is 90.1 Å². The number of nitrogen functional groups attached to an aromatic ring is 1. The maximum absolute atomic E-state index is 13.5. The summed E-state index contributed by atoms with van der Waals surface area (Å²) in [4.78, 5) is 4.34. The number of pyridine rings is 1. The fourth-order valence-electron chi connectivity index (χ4n) is 4.31. The Morgan fingerprint density at radius 1 is 0.938 bits per heavy atom. The predicted molar refractivity (Wildman–Crippen MR) is 125 cm³/mol. The average molecular weight is 443 g/mol. The van der Waals surface area contributed by atoms with Crippen molar-refractivity contribution in [2.45, 2.75) is 23.7 Å². The minimum Gasteiger partial charge on any atom is -0.382 e. The normalized spacial score (nSPS) is 17.8. The van der Waals surface area contributed by atoms with Crippen molar-refractivity contribution < 1.29 is 8.42 Å². The standard InChI is InChI=1S/C25H22N4O2S/c1-18-7-9-21(10-8-18)32(30,31)29-23-17-25(19-5-3-2-4-6-19,20-12-15-27-16-13-20)14-11-22(23)24(26)28-29/h2-16H,17H2,1H3,(H2,26,28). The lowest BCUT2D eigenvalue weighted by atomic mass is 9.69. The lowest BCUT2D eigenvalue weighted by Gasteiger charge is -2.34. The summed E-state index contributed by atoms with van der Waals surface area (Å²) in [5.41, 5.74) is 9.83. The van der Waals surface area contributed by atoms with Crippen LogP contribution < -0.4 is 5.73 Å². The van der Waals surface area contributed by atoms with E-state index in [0.717, 1.165) is 20.8 Å². The fraction of sp³-hybridized carbons (Fsp3) is 0.120. The third-order valence-corrected chi connectivity index (χ3v) is 7.65. The number of aryl methyl sites for hydroxylation is 1. The average Bonchev–Trinajstić information content (AvgIpc) is 3.17. The van der Waals surface area contributed by atoms with Crippen LogP contribution in [0.3, 0.4) is 0 Å². The Bertz CT molecular complexity index is 1370. The first-order chi connectivity index (χ1) is 15.4. The number of benzene rings is 2. The topological polar surface area (TPSA) is 90.9 Å². The van der Waals surface area contributed by atoms with Crippen LogP contribution in [0, 0.1) is 6.92 Å². The second-order valence-electron chi connectivity index (χ2n) is 7.99. The van der Waals surface area contributed by atoms with E-state index in [0.29, 0.717) is 17.7 Å². The van der Waals surface area contributed by atoms with E-state index >= 15 is 0 Å². The molecule has 0 saturated carbocycles. The van der Waals surface area contributed by atoms with Gasteiger partial charge in [0.05, 0.1) is 10.6 Å². The molecule has 2 aromatic heterocycles. The number of hydrogen-bond acceptors (Lipinski definition) is 5. The third kappa shape index (κ3) is 3.13. The molecule has 160 valence electrons. The van der Waals surface area contributed by atoms with Crippen molar-refractivity contribution in [2.24, 2.45) is 0 Å². The first kappa shape index (κ1) is 20.2. The number of aromatic nitrogens is 3. The summed E-state index contributed by atoms with van der Waals surface area (Å²) in [5, 5.41) is 4.26. The predicted octanol–water partition coefficient (Wildman–Crippen LogP) is 3.96. The molecule has 5 rings (SSSR count). The van der Waals surface area contributed by atoms with E-state index in [9.17, 15) is 8.42 Å². The fourth-order valence-corrected chi connectivity index (χ4v) is 5.64. The maximum atomic E-state index is 13.5. The molecule has 1 aliphatic carbocycles. The van der Waals surface area contributed by atoms with Crippen molar-refractivity contribution in [1.29, 1.82) is 0 Å². The Morgan fingerprint density at radius 2 is 1.59 bits per heavy atom. The number of nitrogens with zero attached hydrogens (tertiary/aromatic N) is 3. The quantitative estimate of drug-likeness (QED) is 0.517. The number of nitrogens with two attached hydrogens (primary N) is 1. The van der Waals surface area contributed by atoms with Gasteiger partial charge in [-0.05, 0) is 42.3 Å². The monoisotopic (exact) mass is 442 g/mol. The Labute approximate surface area is 187 Å². The van der Waals surface area contributed by atoms with Gasteiger partial charge in [0, 0.05) is 29.8 Å². The Kier molecular flexibility index (Phi) is 4.71. The molecule has 1 aliphatic rings. The smallest absolute Gasteiger partial charge is 0.283 e. The van der Waals surface area contributed by atoms with Gasteiger partial charge in [0.15, 0.2) is 5.82 Å². The number of fused-ring (bicyclic) bond motifs is 1. The van der Waals surface area contributed by atoms with E-state index in [4.69, 9.17) is 5.73 Å². The second-order valence-corrected chi connectivity index (χ2v) is 9.76. The summed E-state index contributed by atoms with van der Waals surface area (Å²) < 4.78 is 28.2. The van der Waals surface area contributed by atoms with Crippen LogP contribution in [0.2, 0.25) is 0 Å². The number of hydrogen-bond donors (Lipinski definition) is 1. The van der Waals surface area contributed by atoms with Gasteiger partial charge in [-0.2, -0.15) is 12.5 Å². The Balaban J connectivity index is 1.71. The molecular weight excluding hydrogens is 420 g/mol. The highest BCUT2D eigenvalue weighted by atomic mass is 32.2. The second kappa shape index (κ2) is 7.46. The van der Waals surface area contributed by atoms with Gasteiger partial charge in [0.2, 0.25) is 0 Å². The molecule has 1 atom stereocenters. The summed E-state index contributed by atoms with van der Waals surface area (Å²) in [5.74, 6) is 0.198. The largest absolute Gasteiger partial charge is 0.382 e. The summed E-state index contributed by atoms with van der Waals surface area (Å²) in [6.07, 6.45) is 7.86. The van der Waals surface area contributed by atoms with Gasteiger partial charge in [-0.3, -0.25) is 4.98 Å². The van der Waals surface area contributed by atoms with Gasteiger partial charge in [-0.15, -0.1) is 5.10 Å². The molecule has 2 N–H and O–H groups in total. The van der Waals surface area contributed by atoms with Crippen LogP contribution in [0.1, 0.15) is 27.9 Å². The van der Waals surface area contributed by atoms with Gasteiger partial charge in [-0.1, -0.05) is 60.2 Å². The van der Waals surface area contributed by atoms with Crippen molar-refractivity contribution in [3.63, 3.8) is 0 Å². The van der Waals surface area contributed by atoms with Crippen LogP contribution in [0.5, 0.6) is 0 Å².